The molecule has 0 spiro atoms. The Hall–Kier alpha value is -1.04. The number of hydrogen-bond donors (Lipinski definition) is 1. The Kier molecular flexibility index (Phi) is 3.59. The normalized spacial score (nSPS) is 13.0. The van der Waals surface area contributed by atoms with Gasteiger partial charge in [-0.2, -0.15) is 9.98 Å². The molecule has 0 aromatic carbocycles. The second-order valence-electron chi connectivity index (χ2n) is 1.92. The zero-order valence-electron chi connectivity index (χ0n) is 6.03. The Morgan fingerprint density at radius 3 is 2.64 bits per heavy atom. The molecule has 1 unspecified atom stereocenters. The topological polar surface area (TPSA) is 70.0 Å². The van der Waals surface area contributed by atoms with Crippen LogP contribution < -0.4 is 4.72 Å². The molecule has 1 N–H and O–H groups in total. The number of nitrogens with one attached hydrogen (secondary N) is 1. The molecular formula is C6H8N2O2S. The number of nitriles is 1. The highest BCUT2D eigenvalue weighted by atomic mass is 32.2. The average molecular weight is 172 g/mol. The van der Waals surface area contributed by atoms with Crippen molar-refractivity contribution in [2.75, 3.05) is 5.75 Å². The minimum absolute atomic E-state index is 0.557. The molecule has 0 amide bonds. The fraction of sp³-hybridized carbons (Fsp3) is 0.500. The van der Waals surface area contributed by atoms with Gasteiger partial charge >= 0.3 is 0 Å². The van der Waals surface area contributed by atoms with Crippen LogP contribution in [0.4, 0.5) is 0 Å². The van der Waals surface area contributed by atoms with Crippen molar-refractivity contribution in [2.24, 2.45) is 0 Å². The number of rotatable bonds is 3. The summed E-state index contributed by atoms with van der Waals surface area (Å²) in [5, 5.41) is 8.07. The molecule has 0 heterocycles. The third-order valence-electron chi connectivity index (χ3n) is 0.861. The standard InChI is InChI=1S/C6H8N2O2S/c1-3-6(2)8-11(9,10)5-4-7/h1,6,8H,5H2,2H3. The second-order valence-corrected chi connectivity index (χ2v) is 3.68. The summed E-state index contributed by atoms with van der Waals surface area (Å²) in [7, 11) is -3.50. The molecule has 0 bridgehead atoms. The van der Waals surface area contributed by atoms with Gasteiger partial charge in [0.2, 0.25) is 10.0 Å². The van der Waals surface area contributed by atoms with Gasteiger partial charge in [0.15, 0.2) is 5.75 Å². The fourth-order valence-electron chi connectivity index (χ4n) is 0.430. The van der Waals surface area contributed by atoms with E-state index in [1.165, 1.54) is 13.0 Å². The van der Waals surface area contributed by atoms with E-state index in [0.717, 1.165) is 0 Å². The fourth-order valence-corrected chi connectivity index (χ4v) is 1.29. The summed E-state index contributed by atoms with van der Waals surface area (Å²) in [6, 6.07) is 0.957. The predicted molar refractivity (Wildman–Crippen MR) is 40.8 cm³/mol. The van der Waals surface area contributed by atoms with Crippen LogP contribution in [-0.4, -0.2) is 20.2 Å². The second kappa shape index (κ2) is 3.97. The maximum absolute atomic E-state index is 10.8. The maximum atomic E-state index is 10.8. The zero-order chi connectivity index (χ0) is 8.91. The first-order chi connectivity index (χ1) is 5.02. The van der Waals surface area contributed by atoms with Crippen LogP contribution in [0, 0.1) is 23.7 Å². The van der Waals surface area contributed by atoms with Crippen molar-refractivity contribution in [1.29, 1.82) is 5.26 Å². The van der Waals surface area contributed by atoms with Crippen LogP contribution in [0.15, 0.2) is 0 Å². The molecule has 60 valence electrons. The molecule has 0 aliphatic heterocycles. The van der Waals surface area contributed by atoms with Crippen LogP contribution in [0.2, 0.25) is 0 Å². The van der Waals surface area contributed by atoms with E-state index < -0.39 is 21.8 Å². The van der Waals surface area contributed by atoms with Crippen molar-refractivity contribution in [3.8, 4) is 18.4 Å². The average Bonchev–Trinajstić information content (AvgIpc) is 1.86. The van der Waals surface area contributed by atoms with Crippen molar-refractivity contribution < 1.29 is 8.42 Å². The quantitative estimate of drug-likeness (QED) is 0.581. The summed E-state index contributed by atoms with van der Waals surface area (Å²) in [6.07, 6.45) is 4.92. The van der Waals surface area contributed by atoms with E-state index in [0.29, 0.717) is 0 Å². The van der Waals surface area contributed by atoms with E-state index in [4.69, 9.17) is 11.7 Å². The maximum Gasteiger partial charge on any atom is 0.226 e. The number of hydrogen-bond acceptors (Lipinski definition) is 3. The van der Waals surface area contributed by atoms with Crippen LogP contribution in [0.25, 0.3) is 0 Å². The van der Waals surface area contributed by atoms with Crippen molar-refractivity contribution >= 4 is 10.0 Å². The van der Waals surface area contributed by atoms with E-state index in [9.17, 15) is 8.42 Å². The highest BCUT2D eigenvalue weighted by Gasteiger charge is 2.11. The number of sulfonamides is 1. The zero-order valence-corrected chi connectivity index (χ0v) is 6.85. The minimum Gasteiger partial charge on any atom is -0.211 e. The van der Waals surface area contributed by atoms with Gasteiger partial charge in [0.25, 0.3) is 0 Å². The van der Waals surface area contributed by atoms with Crippen LogP contribution in [-0.2, 0) is 10.0 Å². The monoisotopic (exact) mass is 172 g/mol. The highest BCUT2D eigenvalue weighted by Crippen LogP contribution is 1.86. The van der Waals surface area contributed by atoms with Gasteiger partial charge in [0.1, 0.15) is 0 Å². The molecule has 11 heavy (non-hydrogen) atoms. The molecule has 0 rings (SSSR count). The van der Waals surface area contributed by atoms with Gasteiger partial charge in [-0.1, -0.05) is 5.92 Å². The summed E-state index contributed by atoms with van der Waals surface area (Å²) in [5.41, 5.74) is 0. The van der Waals surface area contributed by atoms with Gasteiger partial charge in [-0.25, -0.2) is 8.42 Å². The summed E-state index contributed by atoms with van der Waals surface area (Å²) in [4.78, 5) is 0. The number of terminal acetylenes is 1. The molecule has 0 aliphatic carbocycles. The predicted octanol–water partition coefficient (Wildman–Crippen LogP) is -0.549. The van der Waals surface area contributed by atoms with Crippen molar-refractivity contribution in [3.63, 3.8) is 0 Å². The lowest BCUT2D eigenvalue weighted by molar-refractivity contribution is 0.581. The summed E-state index contributed by atoms with van der Waals surface area (Å²) in [5.74, 6) is 1.62. The molecule has 0 aromatic rings. The lowest BCUT2D eigenvalue weighted by Gasteiger charge is -2.04. The molecule has 0 fully saturated rings. The number of nitrogens with zero attached hydrogens (tertiary/aromatic N) is 1. The van der Waals surface area contributed by atoms with Gasteiger partial charge in [-0.15, -0.1) is 6.42 Å². The van der Waals surface area contributed by atoms with Crippen LogP contribution in [0.5, 0.6) is 0 Å². The van der Waals surface area contributed by atoms with Gasteiger partial charge in [0, 0.05) is 0 Å². The largest absolute Gasteiger partial charge is 0.226 e. The first-order valence-corrected chi connectivity index (χ1v) is 4.50. The Labute approximate surface area is 66.3 Å². The van der Waals surface area contributed by atoms with E-state index in [2.05, 4.69) is 10.6 Å². The van der Waals surface area contributed by atoms with Gasteiger partial charge in [0.05, 0.1) is 12.1 Å². The van der Waals surface area contributed by atoms with Crippen LogP contribution in [0.1, 0.15) is 6.92 Å². The first kappa shape index (κ1) is 9.96. The highest BCUT2D eigenvalue weighted by molar-refractivity contribution is 7.89. The van der Waals surface area contributed by atoms with E-state index in [1.54, 1.807) is 0 Å². The molecule has 0 aromatic heterocycles. The van der Waals surface area contributed by atoms with E-state index >= 15 is 0 Å². The van der Waals surface area contributed by atoms with Gasteiger partial charge < -0.3 is 0 Å². The van der Waals surface area contributed by atoms with E-state index in [1.807, 2.05) is 0 Å². The Morgan fingerprint density at radius 1 is 1.73 bits per heavy atom. The molecule has 0 radical (unpaired) electrons. The molecule has 0 saturated heterocycles. The summed E-state index contributed by atoms with van der Waals surface area (Å²) < 4.78 is 23.7. The third kappa shape index (κ3) is 4.38. The van der Waals surface area contributed by atoms with Crippen molar-refractivity contribution in [3.05, 3.63) is 0 Å². The van der Waals surface area contributed by atoms with Gasteiger partial charge in [-0.3, -0.25) is 0 Å². The molecule has 0 saturated carbocycles. The Balaban J connectivity index is 4.20. The SMILES string of the molecule is C#CC(C)NS(=O)(=O)CC#N. The lowest BCUT2D eigenvalue weighted by Crippen LogP contribution is -2.32. The smallest absolute Gasteiger partial charge is 0.211 e. The Morgan fingerprint density at radius 2 is 2.27 bits per heavy atom. The molecule has 0 aliphatic rings. The first-order valence-electron chi connectivity index (χ1n) is 2.85. The molecule has 5 heteroatoms. The molecular weight excluding hydrogens is 164 g/mol. The van der Waals surface area contributed by atoms with Crippen LogP contribution >= 0.6 is 0 Å². The van der Waals surface area contributed by atoms with Crippen LogP contribution in [0.3, 0.4) is 0 Å². The van der Waals surface area contributed by atoms with Crippen molar-refractivity contribution in [1.82, 2.24) is 4.72 Å². The third-order valence-corrected chi connectivity index (χ3v) is 2.08. The summed E-state index contributed by atoms with van der Waals surface area (Å²) in [6.45, 7) is 1.52. The van der Waals surface area contributed by atoms with Crippen molar-refractivity contribution in [2.45, 2.75) is 13.0 Å². The lowest BCUT2D eigenvalue weighted by atomic mass is 10.4. The van der Waals surface area contributed by atoms with E-state index in [-0.39, 0.29) is 0 Å². The summed E-state index contributed by atoms with van der Waals surface area (Å²) >= 11 is 0. The Bertz CT molecular complexity index is 294. The molecule has 4 nitrogen and oxygen atoms in total. The van der Waals surface area contributed by atoms with Gasteiger partial charge in [-0.05, 0) is 6.92 Å². The minimum atomic E-state index is -3.50. The molecule has 1 atom stereocenters.